The van der Waals surface area contributed by atoms with Crippen LogP contribution in [0.4, 0.5) is 10.1 Å². The van der Waals surface area contributed by atoms with Crippen molar-refractivity contribution in [2.24, 2.45) is 0 Å². The van der Waals surface area contributed by atoms with Gasteiger partial charge in [0.25, 0.3) is 5.91 Å². The van der Waals surface area contributed by atoms with E-state index in [1.807, 2.05) is 6.07 Å². The Morgan fingerprint density at radius 2 is 2.30 bits per heavy atom. The second-order valence-corrected chi connectivity index (χ2v) is 5.64. The van der Waals surface area contributed by atoms with Gasteiger partial charge in [0.15, 0.2) is 0 Å². The Balaban J connectivity index is 2.44. The Bertz CT molecular complexity index is 704. The molecular weight excluding hydrogens is 277 g/mol. The summed E-state index contributed by atoms with van der Waals surface area (Å²) in [6.45, 7) is 1.78. The first-order valence-electron chi connectivity index (χ1n) is 6.08. The molecule has 0 aliphatic rings. The van der Waals surface area contributed by atoms with Crippen molar-refractivity contribution in [1.29, 1.82) is 5.26 Å². The van der Waals surface area contributed by atoms with Crippen LogP contribution in [0.25, 0.3) is 10.1 Å². The number of hydrogen-bond donors (Lipinski definition) is 1. The Morgan fingerprint density at radius 3 is 2.90 bits per heavy atom. The fourth-order valence-corrected chi connectivity index (χ4v) is 3.04. The average molecular weight is 291 g/mol. The molecule has 2 rings (SSSR count). The van der Waals surface area contributed by atoms with Gasteiger partial charge in [-0.25, -0.2) is 4.39 Å². The molecule has 104 valence electrons. The standard InChI is InChI=1S/C14H14FN3OS/c1-8(6-7-16)18(2)14(19)13-12(17)11-9(15)4-3-5-10(11)20-13/h3-5,8H,6,17H2,1-2H3. The molecule has 20 heavy (non-hydrogen) atoms. The van der Waals surface area contributed by atoms with Gasteiger partial charge in [-0.1, -0.05) is 6.07 Å². The van der Waals surface area contributed by atoms with Crippen LogP contribution in [0.2, 0.25) is 0 Å². The van der Waals surface area contributed by atoms with Gasteiger partial charge in [-0.3, -0.25) is 4.79 Å². The minimum Gasteiger partial charge on any atom is -0.397 e. The Kier molecular flexibility index (Phi) is 3.91. The molecule has 0 fully saturated rings. The highest BCUT2D eigenvalue weighted by Gasteiger charge is 2.23. The molecule has 1 unspecified atom stereocenters. The summed E-state index contributed by atoms with van der Waals surface area (Å²) < 4.78 is 14.4. The molecule has 0 aliphatic carbocycles. The number of halogens is 1. The van der Waals surface area contributed by atoms with Crippen LogP contribution in [0.3, 0.4) is 0 Å². The lowest BCUT2D eigenvalue weighted by Gasteiger charge is -2.22. The topological polar surface area (TPSA) is 70.1 Å². The summed E-state index contributed by atoms with van der Waals surface area (Å²) in [6, 6.07) is 6.44. The monoisotopic (exact) mass is 291 g/mol. The lowest BCUT2D eigenvalue weighted by atomic mass is 10.2. The van der Waals surface area contributed by atoms with Crippen molar-refractivity contribution in [3.63, 3.8) is 0 Å². The zero-order valence-corrected chi connectivity index (χ0v) is 12.0. The number of carbonyl (C=O) groups excluding carboxylic acids is 1. The van der Waals surface area contributed by atoms with E-state index in [0.717, 1.165) is 0 Å². The minimum atomic E-state index is -0.428. The minimum absolute atomic E-state index is 0.170. The summed E-state index contributed by atoms with van der Waals surface area (Å²) in [5.74, 6) is -0.714. The second-order valence-electron chi connectivity index (χ2n) is 4.59. The number of carbonyl (C=O) groups is 1. The number of nitrogens with two attached hydrogens (primary N) is 1. The number of rotatable bonds is 3. The third-order valence-electron chi connectivity index (χ3n) is 3.26. The third-order valence-corrected chi connectivity index (χ3v) is 4.42. The molecule has 0 saturated carbocycles. The maximum Gasteiger partial charge on any atom is 0.266 e. The van der Waals surface area contributed by atoms with Crippen LogP contribution >= 0.6 is 11.3 Å². The SMILES string of the molecule is CC(CC#N)N(C)C(=O)c1sc2cccc(F)c2c1N. The number of nitrogen functional groups attached to an aromatic ring is 1. The number of thiophene rings is 1. The highest BCUT2D eigenvalue weighted by atomic mass is 32.1. The van der Waals surface area contributed by atoms with E-state index in [0.29, 0.717) is 15.0 Å². The highest BCUT2D eigenvalue weighted by Crippen LogP contribution is 2.36. The summed E-state index contributed by atoms with van der Waals surface area (Å²) in [7, 11) is 1.62. The fourth-order valence-electron chi connectivity index (χ4n) is 1.92. The number of fused-ring (bicyclic) bond motifs is 1. The van der Waals surface area contributed by atoms with Crippen LogP contribution < -0.4 is 5.73 Å². The summed E-state index contributed by atoms with van der Waals surface area (Å²) in [6.07, 6.45) is 0.238. The van der Waals surface area contributed by atoms with Crippen molar-refractivity contribution in [3.05, 3.63) is 28.9 Å². The molecule has 1 amide bonds. The molecule has 1 heterocycles. The van der Waals surface area contributed by atoms with Crippen LogP contribution in [-0.2, 0) is 0 Å². The predicted molar refractivity (Wildman–Crippen MR) is 78.0 cm³/mol. The molecule has 4 nitrogen and oxygen atoms in total. The number of nitriles is 1. The van der Waals surface area contributed by atoms with Gasteiger partial charge in [0.2, 0.25) is 0 Å². The number of hydrogen-bond acceptors (Lipinski definition) is 4. The van der Waals surface area contributed by atoms with Crippen molar-refractivity contribution in [1.82, 2.24) is 4.90 Å². The Morgan fingerprint density at radius 1 is 1.60 bits per heavy atom. The summed E-state index contributed by atoms with van der Waals surface area (Å²) in [4.78, 5) is 14.2. The largest absolute Gasteiger partial charge is 0.397 e. The third kappa shape index (κ3) is 2.32. The molecule has 0 saturated heterocycles. The lowest BCUT2D eigenvalue weighted by Crippen LogP contribution is -2.34. The van der Waals surface area contributed by atoms with Gasteiger partial charge in [-0.05, 0) is 19.1 Å². The maximum absolute atomic E-state index is 13.8. The normalized spacial score (nSPS) is 12.1. The van der Waals surface area contributed by atoms with E-state index >= 15 is 0 Å². The van der Waals surface area contributed by atoms with Gasteiger partial charge in [-0.15, -0.1) is 11.3 Å². The van der Waals surface area contributed by atoms with Gasteiger partial charge in [0, 0.05) is 17.8 Å². The first kappa shape index (κ1) is 14.3. The first-order chi connectivity index (χ1) is 9.47. The predicted octanol–water partition coefficient (Wildman–Crippen LogP) is 3.00. The quantitative estimate of drug-likeness (QED) is 0.945. The van der Waals surface area contributed by atoms with Gasteiger partial charge >= 0.3 is 0 Å². The molecule has 2 N–H and O–H groups in total. The van der Waals surface area contributed by atoms with Crippen molar-refractivity contribution >= 4 is 33.0 Å². The number of amides is 1. The summed E-state index contributed by atoms with van der Waals surface area (Å²) >= 11 is 1.17. The van der Waals surface area contributed by atoms with E-state index in [2.05, 4.69) is 0 Å². The number of benzene rings is 1. The highest BCUT2D eigenvalue weighted by molar-refractivity contribution is 7.21. The fraction of sp³-hybridized carbons (Fsp3) is 0.286. The van der Waals surface area contributed by atoms with Crippen LogP contribution in [0.1, 0.15) is 23.0 Å². The van der Waals surface area contributed by atoms with E-state index < -0.39 is 5.82 Å². The summed E-state index contributed by atoms with van der Waals surface area (Å²) in [5, 5.41) is 8.98. The smallest absolute Gasteiger partial charge is 0.266 e. The molecule has 0 aliphatic heterocycles. The molecule has 0 spiro atoms. The van der Waals surface area contributed by atoms with Gasteiger partial charge in [0.05, 0.1) is 23.6 Å². The molecule has 1 aromatic carbocycles. The molecule has 1 aromatic heterocycles. The van der Waals surface area contributed by atoms with Crippen molar-refractivity contribution < 1.29 is 9.18 Å². The van der Waals surface area contributed by atoms with Crippen LogP contribution in [0, 0.1) is 17.1 Å². The molecule has 6 heteroatoms. The first-order valence-corrected chi connectivity index (χ1v) is 6.89. The maximum atomic E-state index is 13.8. The van der Waals surface area contributed by atoms with Gasteiger partial charge in [0.1, 0.15) is 10.7 Å². The van der Waals surface area contributed by atoms with Crippen LogP contribution in [0.15, 0.2) is 18.2 Å². The van der Waals surface area contributed by atoms with E-state index in [9.17, 15) is 9.18 Å². The lowest BCUT2D eigenvalue weighted by molar-refractivity contribution is 0.0752. The average Bonchev–Trinajstić information content (AvgIpc) is 2.76. The van der Waals surface area contributed by atoms with Gasteiger partial charge < -0.3 is 10.6 Å². The van der Waals surface area contributed by atoms with Crippen molar-refractivity contribution in [2.45, 2.75) is 19.4 Å². The van der Waals surface area contributed by atoms with E-state index in [1.54, 1.807) is 26.1 Å². The van der Waals surface area contributed by atoms with Crippen molar-refractivity contribution in [2.75, 3.05) is 12.8 Å². The van der Waals surface area contributed by atoms with E-state index in [-0.39, 0.29) is 24.1 Å². The van der Waals surface area contributed by atoms with Crippen molar-refractivity contribution in [3.8, 4) is 6.07 Å². The number of anilines is 1. The molecular formula is C14H14FN3OS. The molecule has 0 bridgehead atoms. The Hall–Kier alpha value is -2.13. The van der Waals surface area contributed by atoms with Crippen LogP contribution in [-0.4, -0.2) is 23.9 Å². The second kappa shape index (κ2) is 5.47. The Labute approximate surface area is 120 Å². The number of nitrogens with zero attached hydrogens (tertiary/aromatic N) is 2. The molecule has 0 radical (unpaired) electrons. The molecule has 2 aromatic rings. The zero-order chi connectivity index (χ0) is 14.9. The van der Waals surface area contributed by atoms with Crippen LogP contribution in [0.5, 0.6) is 0 Å². The van der Waals surface area contributed by atoms with Gasteiger partial charge in [-0.2, -0.15) is 5.26 Å². The van der Waals surface area contributed by atoms with E-state index in [1.165, 1.54) is 22.3 Å². The molecule has 1 atom stereocenters. The summed E-state index contributed by atoms with van der Waals surface area (Å²) in [5.41, 5.74) is 6.08. The zero-order valence-electron chi connectivity index (χ0n) is 11.2. The van der Waals surface area contributed by atoms with E-state index in [4.69, 9.17) is 11.0 Å².